The number of rotatable bonds is 13. The van der Waals surface area contributed by atoms with Gasteiger partial charge in [0.15, 0.2) is 0 Å². The predicted molar refractivity (Wildman–Crippen MR) is 166 cm³/mol. The second kappa shape index (κ2) is 15.5. The molecule has 3 aromatic rings. The van der Waals surface area contributed by atoms with Gasteiger partial charge in [-0.3, -0.25) is 9.59 Å². The van der Waals surface area contributed by atoms with Crippen LogP contribution < -0.4 is 22.1 Å². The Hall–Kier alpha value is -4.15. The molecule has 0 aliphatic heterocycles. The number of nitrogens with zero attached hydrogens (tertiary/aromatic N) is 2. The topological polar surface area (TPSA) is 136 Å². The third-order valence-corrected chi connectivity index (χ3v) is 8.16. The Labute approximate surface area is 256 Å². The van der Waals surface area contributed by atoms with E-state index in [1.54, 1.807) is 30.5 Å². The van der Waals surface area contributed by atoms with Crippen LogP contribution in [0.5, 0.6) is 0 Å². The van der Waals surface area contributed by atoms with Crippen molar-refractivity contribution >= 4 is 29.1 Å². The maximum Gasteiger partial charge on any atom is 0.416 e. The molecular weight excluding hydrogens is 569 g/mol. The van der Waals surface area contributed by atoms with Gasteiger partial charge in [-0.05, 0) is 67.5 Å². The smallest absolute Gasteiger partial charge is 0.398 e. The Bertz CT molecular complexity index is 1410. The lowest BCUT2D eigenvalue weighted by Gasteiger charge is -2.20. The Morgan fingerprint density at radius 3 is 2.34 bits per heavy atom. The highest BCUT2D eigenvalue weighted by Crippen LogP contribution is 2.30. The molecule has 1 fully saturated rings. The molecule has 0 spiro atoms. The summed E-state index contributed by atoms with van der Waals surface area (Å²) in [6, 6.07) is 8.30. The zero-order valence-corrected chi connectivity index (χ0v) is 24.9. The first-order valence-electron chi connectivity index (χ1n) is 15.3. The van der Waals surface area contributed by atoms with Gasteiger partial charge < -0.3 is 22.1 Å². The van der Waals surface area contributed by atoms with E-state index in [1.165, 1.54) is 6.42 Å². The zero-order valence-electron chi connectivity index (χ0n) is 24.9. The molecule has 1 aliphatic carbocycles. The molecule has 0 radical (unpaired) electrons. The minimum atomic E-state index is -4.53. The lowest BCUT2D eigenvalue weighted by molar-refractivity contribution is -0.137. The molecule has 6 N–H and O–H groups in total. The summed E-state index contributed by atoms with van der Waals surface area (Å²) in [5, 5.41) is 5.50. The van der Waals surface area contributed by atoms with Crippen LogP contribution in [0.25, 0.3) is 0 Å². The van der Waals surface area contributed by atoms with Crippen LogP contribution in [0, 0.1) is 5.92 Å². The van der Waals surface area contributed by atoms with Crippen molar-refractivity contribution in [2.24, 2.45) is 5.92 Å². The third-order valence-electron chi connectivity index (χ3n) is 8.16. The number of nitrogens with one attached hydrogen (secondary N) is 2. The number of nitrogens with two attached hydrogens (primary N) is 2. The van der Waals surface area contributed by atoms with Gasteiger partial charge in [0.1, 0.15) is 11.6 Å². The minimum absolute atomic E-state index is 0.185. The summed E-state index contributed by atoms with van der Waals surface area (Å²) in [5.74, 6) is 0.0160. The number of benzene rings is 1. The molecule has 2 amide bonds. The van der Waals surface area contributed by atoms with Gasteiger partial charge in [0.25, 0.3) is 5.91 Å². The Kier molecular flexibility index (Phi) is 11.6. The van der Waals surface area contributed by atoms with E-state index in [9.17, 15) is 22.8 Å². The van der Waals surface area contributed by atoms with E-state index in [1.807, 2.05) is 0 Å². The van der Waals surface area contributed by atoms with E-state index >= 15 is 0 Å². The van der Waals surface area contributed by atoms with Gasteiger partial charge in [0, 0.05) is 48.1 Å². The fourth-order valence-corrected chi connectivity index (χ4v) is 5.55. The molecule has 4 rings (SSSR count). The lowest BCUT2D eigenvalue weighted by Crippen LogP contribution is -2.32. The number of halogens is 3. The molecule has 1 aliphatic rings. The molecule has 0 saturated heterocycles. The van der Waals surface area contributed by atoms with Crippen LogP contribution >= 0.6 is 0 Å². The number of hydrogen-bond acceptors (Lipinski definition) is 6. The molecule has 44 heavy (non-hydrogen) atoms. The largest absolute Gasteiger partial charge is 0.416 e. The molecule has 1 saturated carbocycles. The number of aryl methyl sites for hydroxylation is 1. The lowest BCUT2D eigenvalue weighted by atomic mass is 9.88. The van der Waals surface area contributed by atoms with Crippen LogP contribution in [0.1, 0.15) is 96.8 Å². The average molecular weight is 611 g/mol. The van der Waals surface area contributed by atoms with Gasteiger partial charge >= 0.3 is 6.18 Å². The van der Waals surface area contributed by atoms with Crippen LogP contribution in [0.4, 0.5) is 30.5 Å². The third kappa shape index (κ3) is 9.42. The number of nitrogen functional groups attached to an aromatic ring is 2. The quantitative estimate of drug-likeness (QED) is 0.159. The standard InChI is InChI=1S/C33H41F3N6O2/c34-33(35,36)26-16-18-39-28(20-26)42-32(44)24-14-12-22(13-15-24)19-27-29(37)25(21-41-30(27)38)11-5-2-1-3-8-17-40-31(43)23-9-6-4-7-10-23/h12-16,18,20-21,23H,1-11,17,19H2,(H,40,43)(H4,37,38,41)(H,39,42,44). The molecule has 1 aromatic carbocycles. The van der Waals surface area contributed by atoms with Gasteiger partial charge in [-0.15, -0.1) is 0 Å². The highest BCUT2D eigenvalue weighted by Gasteiger charge is 2.31. The van der Waals surface area contributed by atoms with Crippen molar-refractivity contribution in [1.82, 2.24) is 15.3 Å². The van der Waals surface area contributed by atoms with Gasteiger partial charge in [0.2, 0.25) is 5.91 Å². The van der Waals surface area contributed by atoms with Gasteiger partial charge in [-0.1, -0.05) is 50.7 Å². The second-order valence-electron chi connectivity index (χ2n) is 11.5. The molecule has 0 atom stereocenters. The number of amides is 2. The summed E-state index contributed by atoms with van der Waals surface area (Å²) in [6.07, 6.45) is 10.2. The fraction of sp³-hybridized carbons (Fsp3) is 0.455. The summed E-state index contributed by atoms with van der Waals surface area (Å²) in [6.45, 7) is 0.742. The number of alkyl halides is 3. The maximum atomic E-state index is 13.0. The molecule has 0 bridgehead atoms. The number of aromatic nitrogens is 2. The van der Waals surface area contributed by atoms with Crippen molar-refractivity contribution < 1.29 is 22.8 Å². The van der Waals surface area contributed by atoms with Gasteiger partial charge in [-0.2, -0.15) is 13.2 Å². The highest BCUT2D eigenvalue weighted by atomic mass is 19.4. The van der Waals surface area contributed by atoms with Gasteiger partial charge in [0.05, 0.1) is 5.56 Å². The van der Waals surface area contributed by atoms with Crippen molar-refractivity contribution in [3.05, 3.63) is 76.6 Å². The molecule has 11 heteroatoms. The van der Waals surface area contributed by atoms with E-state index < -0.39 is 17.6 Å². The number of carbonyl (C=O) groups excluding carboxylic acids is 2. The second-order valence-corrected chi connectivity index (χ2v) is 11.5. The van der Waals surface area contributed by atoms with E-state index in [2.05, 4.69) is 20.6 Å². The Balaban J connectivity index is 1.22. The van der Waals surface area contributed by atoms with Gasteiger partial charge in [-0.25, -0.2) is 9.97 Å². The van der Waals surface area contributed by atoms with Crippen molar-refractivity contribution in [2.45, 2.75) is 83.2 Å². The van der Waals surface area contributed by atoms with E-state index in [0.29, 0.717) is 17.9 Å². The van der Waals surface area contributed by atoms with Crippen LogP contribution in [-0.4, -0.2) is 28.3 Å². The molecule has 8 nitrogen and oxygen atoms in total. The number of pyridine rings is 2. The highest BCUT2D eigenvalue weighted by molar-refractivity contribution is 6.03. The average Bonchev–Trinajstić information content (AvgIpc) is 3.01. The van der Waals surface area contributed by atoms with Crippen LogP contribution in [0.2, 0.25) is 0 Å². The van der Waals surface area contributed by atoms with Crippen LogP contribution in [0.15, 0.2) is 48.8 Å². The summed E-state index contributed by atoms with van der Waals surface area (Å²) >= 11 is 0. The predicted octanol–water partition coefficient (Wildman–Crippen LogP) is 6.69. The molecule has 2 aromatic heterocycles. The molecule has 2 heterocycles. The fourth-order valence-electron chi connectivity index (χ4n) is 5.55. The SMILES string of the molecule is Nc1ncc(CCCCCCCNC(=O)C2CCCCC2)c(N)c1Cc1ccc(C(=O)Nc2cc(C(F)(F)F)ccn2)cc1. The number of hydrogen-bond donors (Lipinski definition) is 4. The first-order chi connectivity index (χ1) is 21.1. The van der Waals surface area contributed by atoms with Crippen molar-refractivity contribution in [3.63, 3.8) is 0 Å². The normalized spacial score (nSPS) is 13.9. The Morgan fingerprint density at radius 1 is 0.909 bits per heavy atom. The van der Waals surface area contributed by atoms with E-state index in [-0.39, 0.29) is 23.2 Å². The van der Waals surface area contributed by atoms with E-state index in [0.717, 1.165) is 106 Å². The first-order valence-corrected chi connectivity index (χ1v) is 15.3. The van der Waals surface area contributed by atoms with Crippen molar-refractivity contribution in [2.75, 3.05) is 23.3 Å². The van der Waals surface area contributed by atoms with Crippen LogP contribution in [0.3, 0.4) is 0 Å². The Morgan fingerprint density at radius 2 is 1.61 bits per heavy atom. The summed E-state index contributed by atoms with van der Waals surface area (Å²) < 4.78 is 38.9. The summed E-state index contributed by atoms with van der Waals surface area (Å²) in [4.78, 5) is 33.0. The first kappa shape index (κ1) is 32.8. The number of unbranched alkanes of at least 4 members (excludes halogenated alkanes) is 4. The van der Waals surface area contributed by atoms with Crippen LogP contribution in [-0.2, 0) is 23.8 Å². The summed E-state index contributed by atoms with van der Waals surface area (Å²) in [7, 11) is 0. The van der Waals surface area contributed by atoms with Crippen molar-refractivity contribution in [3.8, 4) is 0 Å². The van der Waals surface area contributed by atoms with E-state index in [4.69, 9.17) is 11.5 Å². The monoisotopic (exact) mass is 610 g/mol. The number of anilines is 3. The molecule has 236 valence electrons. The molecular formula is C33H41F3N6O2. The zero-order chi connectivity index (χ0) is 31.5. The maximum absolute atomic E-state index is 13.0. The van der Waals surface area contributed by atoms with Crippen molar-refractivity contribution in [1.29, 1.82) is 0 Å². The summed E-state index contributed by atoms with van der Waals surface area (Å²) in [5.41, 5.74) is 15.2. The molecule has 0 unspecified atom stereocenters. The number of carbonyl (C=O) groups is 2. The minimum Gasteiger partial charge on any atom is -0.398 e.